The average Bonchev–Trinajstić information content (AvgIpc) is 2.71. The van der Waals surface area contributed by atoms with Crippen LogP contribution in [0.5, 0.6) is 0 Å². The quantitative estimate of drug-likeness (QED) is 0.794. The summed E-state index contributed by atoms with van der Waals surface area (Å²) in [6.45, 7) is 2.06. The first-order valence-electron chi connectivity index (χ1n) is 5.47. The molecule has 1 aromatic carbocycles. The molecule has 0 aliphatic carbocycles. The molecule has 1 amide bonds. The Morgan fingerprint density at radius 3 is 2.41 bits per heavy atom. The molecule has 3 heteroatoms. The molecular formula is C14H15NOS. The van der Waals surface area contributed by atoms with Gasteiger partial charge in [0.1, 0.15) is 0 Å². The van der Waals surface area contributed by atoms with Crippen LogP contribution in [0.15, 0.2) is 36.4 Å². The minimum absolute atomic E-state index is 0.0697. The van der Waals surface area contributed by atoms with Gasteiger partial charge in [-0.05, 0) is 24.1 Å². The molecule has 1 heterocycles. The lowest BCUT2D eigenvalue weighted by atomic mass is 10.1. The topological polar surface area (TPSA) is 20.3 Å². The molecule has 0 aliphatic rings. The Hall–Kier alpha value is -1.61. The van der Waals surface area contributed by atoms with Gasteiger partial charge in [-0.25, -0.2) is 0 Å². The van der Waals surface area contributed by atoms with Crippen molar-refractivity contribution in [1.82, 2.24) is 4.90 Å². The highest BCUT2D eigenvalue weighted by Crippen LogP contribution is 2.31. The molecule has 2 aromatic rings. The SMILES string of the molecule is Cc1sc(C(=O)N(C)C)cc1-c1ccccc1. The zero-order valence-electron chi connectivity index (χ0n) is 10.2. The minimum Gasteiger partial charge on any atom is -0.344 e. The zero-order chi connectivity index (χ0) is 12.4. The molecule has 0 spiro atoms. The molecule has 0 fully saturated rings. The van der Waals surface area contributed by atoms with E-state index in [2.05, 4.69) is 19.1 Å². The molecule has 0 aliphatic heterocycles. The first-order chi connectivity index (χ1) is 8.09. The molecule has 17 heavy (non-hydrogen) atoms. The van der Waals surface area contributed by atoms with Crippen LogP contribution in [0.25, 0.3) is 11.1 Å². The van der Waals surface area contributed by atoms with Gasteiger partial charge in [-0.3, -0.25) is 4.79 Å². The molecule has 2 nitrogen and oxygen atoms in total. The summed E-state index contributed by atoms with van der Waals surface area (Å²) in [7, 11) is 3.55. The number of hydrogen-bond donors (Lipinski definition) is 0. The maximum absolute atomic E-state index is 11.9. The van der Waals surface area contributed by atoms with E-state index in [1.807, 2.05) is 24.3 Å². The molecule has 0 saturated heterocycles. The van der Waals surface area contributed by atoms with Gasteiger partial charge < -0.3 is 4.90 Å². The van der Waals surface area contributed by atoms with Gasteiger partial charge in [0.05, 0.1) is 4.88 Å². The van der Waals surface area contributed by atoms with E-state index < -0.39 is 0 Å². The molecule has 1 aromatic heterocycles. The summed E-state index contributed by atoms with van der Waals surface area (Å²) < 4.78 is 0. The lowest BCUT2D eigenvalue weighted by Gasteiger charge is -2.07. The fourth-order valence-corrected chi connectivity index (χ4v) is 2.78. The molecule has 0 unspecified atom stereocenters. The Kier molecular flexibility index (Phi) is 3.29. The molecule has 0 saturated carbocycles. The Balaban J connectivity index is 2.42. The number of nitrogens with zero attached hydrogens (tertiary/aromatic N) is 1. The Labute approximate surface area is 106 Å². The maximum Gasteiger partial charge on any atom is 0.263 e. The van der Waals surface area contributed by atoms with E-state index in [9.17, 15) is 4.79 Å². The van der Waals surface area contributed by atoms with E-state index in [1.54, 1.807) is 30.3 Å². The molecule has 0 atom stereocenters. The van der Waals surface area contributed by atoms with E-state index in [4.69, 9.17) is 0 Å². The summed E-state index contributed by atoms with van der Waals surface area (Å²) in [5.41, 5.74) is 2.32. The van der Waals surface area contributed by atoms with Crippen molar-refractivity contribution in [3.8, 4) is 11.1 Å². The van der Waals surface area contributed by atoms with Gasteiger partial charge in [0.2, 0.25) is 0 Å². The molecule has 0 bridgehead atoms. The van der Waals surface area contributed by atoms with Crippen LogP contribution in [0.1, 0.15) is 14.5 Å². The second-order valence-electron chi connectivity index (χ2n) is 4.15. The van der Waals surface area contributed by atoms with E-state index >= 15 is 0 Å². The van der Waals surface area contributed by atoms with Crippen molar-refractivity contribution in [2.24, 2.45) is 0 Å². The van der Waals surface area contributed by atoms with E-state index in [1.165, 1.54) is 10.4 Å². The summed E-state index contributed by atoms with van der Waals surface area (Å²) in [6, 6.07) is 12.1. The summed E-state index contributed by atoms with van der Waals surface area (Å²) in [5.74, 6) is 0.0697. The fourth-order valence-electron chi connectivity index (χ4n) is 1.71. The highest BCUT2D eigenvalue weighted by molar-refractivity contribution is 7.14. The zero-order valence-corrected chi connectivity index (χ0v) is 11.0. The van der Waals surface area contributed by atoms with Crippen LogP contribution in [0.4, 0.5) is 0 Å². The van der Waals surface area contributed by atoms with Crippen molar-refractivity contribution >= 4 is 17.2 Å². The van der Waals surface area contributed by atoms with Crippen LogP contribution < -0.4 is 0 Å². The van der Waals surface area contributed by atoms with Gasteiger partial charge in [-0.2, -0.15) is 0 Å². The molecule has 88 valence electrons. The molecule has 0 N–H and O–H groups in total. The van der Waals surface area contributed by atoms with Crippen molar-refractivity contribution in [3.63, 3.8) is 0 Å². The monoisotopic (exact) mass is 245 g/mol. The number of amides is 1. The van der Waals surface area contributed by atoms with Gasteiger partial charge in [0, 0.05) is 19.0 Å². The Bertz CT molecular complexity index is 528. The second-order valence-corrected chi connectivity index (χ2v) is 5.40. The smallest absolute Gasteiger partial charge is 0.263 e. The van der Waals surface area contributed by atoms with Crippen molar-refractivity contribution in [2.45, 2.75) is 6.92 Å². The van der Waals surface area contributed by atoms with Crippen LogP contribution in [-0.2, 0) is 0 Å². The Morgan fingerprint density at radius 2 is 1.82 bits per heavy atom. The van der Waals surface area contributed by atoms with E-state index in [0.29, 0.717) is 0 Å². The van der Waals surface area contributed by atoms with E-state index in [0.717, 1.165) is 10.4 Å². The largest absolute Gasteiger partial charge is 0.344 e. The van der Waals surface area contributed by atoms with Crippen molar-refractivity contribution < 1.29 is 4.79 Å². The van der Waals surface area contributed by atoms with Gasteiger partial charge in [0.25, 0.3) is 5.91 Å². The van der Waals surface area contributed by atoms with Crippen molar-refractivity contribution in [3.05, 3.63) is 46.2 Å². The van der Waals surface area contributed by atoms with Gasteiger partial charge >= 0.3 is 0 Å². The minimum atomic E-state index is 0.0697. The highest BCUT2D eigenvalue weighted by atomic mass is 32.1. The van der Waals surface area contributed by atoms with Crippen LogP contribution >= 0.6 is 11.3 Å². The predicted molar refractivity (Wildman–Crippen MR) is 72.5 cm³/mol. The molecular weight excluding hydrogens is 230 g/mol. The van der Waals surface area contributed by atoms with Crippen LogP contribution in [0.3, 0.4) is 0 Å². The summed E-state index contributed by atoms with van der Waals surface area (Å²) >= 11 is 1.55. The normalized spacial score (nSPS) is 10.3. The van der Waals surface area contributed by atoms with Crippen LogP contribution in [0, 0.1) is 6.92 Å². The standard InChI is InChI=1S/C14H15NOS/c1-10-12(11-7-5-4-6-8-11)9-13(17-10)14(16)15(2)3/h4-9H,1-3H3. The lowest BCUT2D eigenvalue weighted by molar-refractivity contribution is 0.0832. The highest BCUT2D eigenvalue weighted by Gasteiger charge is 2.14. The number of aryl methyl sites for hydroxylation is 1. The van der Waals surface area contributed by atoms with Gasteiger partial charge in [0.15, 0.2) is 0 Å². The van der Waals surface area contributed by atoms with Crippen molar-refractivity contribution in [1.29, 1.82) is 0 Å². The fraction of sp³-hybridized carbons (Fsp3) is 0.214. The second kappa shape index (κ2) is 4.72. The number of hydrogen-bond acceptors (Lipinski definition) is 2. The predicted octanol–water partition coefficient (Wildman–Crippen LogP) is 3.43. The number of carbonyl (C=O) groups is 1. The van der Waals surface area contributed by atoms with Crippen LogP contribution in [-0.4, -0.2) is 24.9 Å². The third-order valence-electron chi connectivity index (χ3n) is 2.62. The third kappa shape index (κ3) is 2.39. The maximum atomic E-state index is 11.9. The average molecular weight is 245 g/mol. The number of benzene rings is 1. The summed E-state index contributed by atoms with van der Waals surface area (Å²) in [6.07, 6.45) is 0. The molecule has 2 rings (SSSR count). The number of rotatable bonds is 2. The van der Waals surface area contributed by atoms with E-state index in [-0.39, 0.29) is 5.91 Å². The number of thiophene rings is 1. The molecule has 0 radical (unpaired) electrons. The van der Waals surface area contributed by atoms with Gasteiger partial charge in [-0.1, -0.05) is 30.3 Å². The summed E-state index contributed by atoms with van der Waals surface area (Å²) in [4.78, 5) is 15.5. The first kappa shape index (κ1) is 11.9. The lowest BCUT2D eigenvalue weighted by Crippen LogP contribution is -2.20. The Morgan fingerprint density at radius 1 is 1.18 bits per heavy atom. The van der Waals surface area contributed by atoms with Crippen LogP contribution in [0.2, 0.25) is 0 Å². The van der Waals surface area contributed by atoms with Gasteiger partial charge in [-0.15, -0.1) is 11.3 Å². The third-order valence-corrected chi connectivity index (χ3v) is 3.66. The summed E-state index contributed by atoms with van der Waals surface area (Å²) in [5, 5.41) is 0. The van der Waals surface area contributed by atoms with Crippen molar-refractivity contribution in [2.75, 3.05) is 14.1 Å². The number of carbonyl (C=O) groups excluding carboxylic acids is 1. The first-order valence-corrected chi connectivity index (χ1v) is 6.28.